The first kappa shape index (κ1) is 26.6. The number of hydrogen-bond acceptors (Lipinski definition) is 6. The summed E-state index contributed by atoms with van der Waals surface area (Å²) < 4.78 is 34.2. The van der Waals surface area contributed by atoms with E-state index in [-0.39, 0.29) is 29.8 Å². The van der Waals surface area contributed by atoms with Crippen molar-refractivity contribution in [1.82, 2.24) is 9.29 Å². The number of piperidine rings is 1. The fourth-order valence-electron chi connectivity index (χ4n) is 4.70. The van der Waals surface area contributed by atoms with E-state index in [2.05, 4.69) is 0 Å². The Morgan fingerprint density at radius 2 is 1.76 bits per heavy atom. The van der Waals surface area contributed by atoms with Crippen LogP contribution in [0.4, 0.5) is 5.13 Å². The van der Waals surface area contributed by atoms with Crippen LogP contribution < -0.4 is 9.64 Å². The summed E-state index contributed by atoms with van der Waals surface area (Å²) in [6, 6.07) is 19.9. The van der Waals surface area contributed by atoms with Gasteiger partial charge in [-0.3, -0.25) is 9.69 Å². The molecule has 2 heterocycles. The van der Waals surface area contributed by atoms with Crippen LogP contribution in [0.1, 0.15) is 24.0 Å². The van der Waals surface area contributed by atoms with E-state index in [0.29, 0.717) is 35.3 Å². The number of anilines is 1. The van der Waals surface area contributed by atoms with E-state index in [0.717, 1.165) is 21.3 Å². The topological polar surface area (TPSA) is 79.8 Å². The summed E-state index contributed by atoms with van der Waals surface area (Å²) >= 11 is 7.40. The maximum absolute atomic E-state index is 14.0. The van der Waals surface area contributed by atoms with Gasteiger partial charge >= 0.3 is 0 Å². The zero-order chi connectivity index (χ0) is 26.9. The van der Waals surface area contributed by atoms with Crippen molar-refractivity contribution in [2.24, 2.45) is 5.92 Å². The number of methoxy groups -OCH3 is 1. The van der Waals surface area contributed by atoms with Gasteiger partial charge in [-0.25, -0.2) is 13.4 Å². The molecule has 0 bridgehead atoms. The number of fused-ring (bicyclic) bond motifs is 1. The first-order valence-corrected chi connectivity index (χ1v) is 15.0. The summed E-state index contributed by atoms with van der Waals surface area (Å²) in [5.74, 6) is 0.305. The molecule has 0 saturated carbocycles. The van der Waals surface area contributed by atoms with Crippen molar-refractivity contribution >= 4 is 54.2 Å². The molecule has 3 aromatic carbocycles. The smallest absolute Gasteiger partial charge is 0.243 e. The molecule has 7 nitrogen and oxygen atoms in total. The number of aromatic nitrogens is 1. The minimum absolute atomic E-state index is 0.0481. The van der Waals surface area contributed by atoms with Crippen LogP contribution in [-0.4, -0.2) is 43.8 Å². The molecule has 4 aromatic rings. The SMILES string of the molecule is COc1ccc(C)c2sc(N(Cc3ccccc3)C(=O)C3CCN(S(=O)(=O)c4ccc(Cl)cc4)CC3)nc12. The maximum Gasteiger partial charge on any atom is 0.243 e. The number of thiazole rings is 1. The van der Waals surface area contributed by atoms with E-state index in [9.17, 15) is 13.2 Å². The number of nitrogens with zero attached hydrogens (tertiary/aromatic N) is 3. The molecule has 0 aliphatic carbocycles. The number of rotatable bonds is 7. The standard InChI is InChI=1S/C28H28ClN3O4S2/c1-19-8-13-24(36-2)25-26(19)37-28(30-25)32(18-20-6-4-3-5-7-20)27(33)21-14-16-31(17-15-21)38(34,35)23-11-9-22(29)10-12-23/h3-13,21H,14-18H2,1-2H3. The normalized spacial score (nSPS) is 15.0. The van der Waals surface area contributed by atoms with Crippen LogP contribution in [0.25, 0.3) is 10.2 Å². The lowest BCUT2D eigenvalue weighted by Crippen LogP contribution is -2.44. The maximum atomic E-state index is 14.0. The second kappa shape index (κ2) is 11.0. The van der Waals surface area contributed by atoms with Crippen LogP contribution in [0, 0.1) is 12.8 Å². The van der Waals surface area contributed by atoms with Gasteiger partial charge in [-0.15, -0.1) is 0 Å². The second-order valence-corrected chi connectivity index (χ2v) is 12.7. The zero-order valence-electron chi connectivity index (χ0n) is 21.1. The highest BCUT2D eigenvalue weighted by Gasteiger charge is 2.35. The molecule has 1 amide bonds. The molecule has 0 N–H and O–H groups in total. The van der Waals surface area contributed by atoms with Crippen molar-refractivity contribution in [1.29, 1.82) is 0 Å². The summed E-state index contributed by atoms with van der Waals surface area (Å²) in [5, 5.41) is 1.09. The van der Waals surface area contributed by atoms with Crippen LogP contribution in [0.15, 0.2) is 71.6 Å². The van der Waals surface area contributed by atoms with E-state index in [1.807, 2.05) is 49.4 Å². The molecule has 198 valence electrons. The predicted octanol–water partition coefficient (Wildman–Crippen LogP) is 5.90. The van der Waals surface area contributed by atoms with Gasteiger partial charge in [0.15, 0.2) is 5.13 Å². The third-order valence-electron chi connectivity index (χ3n) is 6.85. The number of amides is 1. The third kappa shape index (κ3) is 5.29. The summed E-state index contributed by atoms with van der Waals surface area (Å²) in [4.78, 5) is 20.7. The molecular weight excluding hydrogens is 542 g/mol. The molecule has 0 unspecified atom stereocenters. The fraction of sp³-hybridized carbons (Fsp3) is 0.286. The first-order valence-electron chi connectivity index (χ1n) is 12.3. The van der Waals surface area contributed by atoms with Gasteiger partial charge in [0.05, 0.1) is 23.2 Å². The Morgan fingerprint density at radius 3 is 2.42 bits per heavy atom. The summed E-state index contributed by atoms with van der Waals surface area (Å²) in [5.41, 5.74) is 2.80. The highest BCUT2D eigenvalue weighted by atomic mass is 35.5. The van der Waals surface area contributed by atoms with Crippen molar-refractivity contribution in [2.45, 2.75) is 31.2 Å². The fourth-order valence-corrected chi connectivity index (χ4v) is 7.36. The molecule has 0 radical (unpaired) electrons. The number of hydrogen-bond donors (Lipinski definition) is 0. The monoisotopic (exact) mass is 569 g/mol. The van der Waals surface area contributed by atoms with Gasteiger partial charge in [0.2, 0.25) is 15.9 Å². The lowest BCUT2D eigenvalue weighted by molar-refractivity contribution is -0.123. The number of ether oxygens (including phenoxy) is 1. The van der Waals surface area contributed by atoms with Crippen molar-refractivity contribution in [3.63, 3.8) is 0 Å². The van der Waals surface area contributed by atoms with E-state index >= 15 is 0 Å². The van der Waals surface area contributed by atoms with Crippen molar-refractivity contribution in [3.8, 4) is 5.75 Å². The Balaban J connectivity index is 1.40. The highest BCUT2D eigenvalue weighted by Crippen LogP contribution is 2.38. The minimum atomic E-state index is -3.65. The van der Waals surface area contributed by atoms with E-state index in [1.165, 1.54) is 27.8 Å². The Bertz CT molecular complexity index is 1550. The number of carbonyl (C=O) groups excluding carboxylic acids is 1. The largest absolute Gasteiger partial charge is 0.494 e. The Morgan fingerprint density at radius 1 is 1.08 bits per heavy atom. The molecule has 1 aromatic heterocycles. The molecule has 1 aliphatic rings. The van der Waals surface area contributed by atoms with E-state index < -0.39 is 10.0 Å². The average Bonchev–Trinajstić information content (AvgIpc) is 3.39. The summed E-state index contributed by atoms with van der Waals surface area (Å²) in [7, 11) is -2.04. The number of aryl methyl sites for hydroxylation is 1. The van der Waals surface area contributed by atoms with Crippen LogP contribution >= 0.6 is 22.9 Å². The Kier molecular flexibility index (Phi) is 7.72. The van der Waals surface area contributed by atoms with Gasteiger partial charge in [0.25, 0.3) is 0 Å². The molecule has 1 aliphatic heterocycles. The number of halogens is 1. The minimum Gasteiger partial charge on any atom is -0.494 e. The number of sulfonamides is 1. The van der Waals surface area contributed by atoms with E-state index in [4.69, 9.17) is 21.3 Å². The molecule has 38 heavy (non-hydrogen) atoms. The third-order valence-corrected chi connectivity index (χ3v) is 10.2. The highest BCUT2D eigenvalue weighted by molar-refractivity contribution is 7.89. The first-order chi connectivity index (χ1) is 18.3. The predicted molar refractivity (Wildman–Crippen MR) is 151 cm³/mol. The molecule has 10 heteroatoms. The van der Waals surface area contributed by atoms with Crippen molar-refractivity contribution in [2.75, 3.05) is 25.1 Å². The average molecular weight is 570 g/mol. The summed E-state index contributed by atoms with van der Waals surface area (Å²) in [6.07, 6.45) is 0.869. The molecule has 5 rings (SSSR count). The van der Waals surface area contributed by atoms with Gasteiger partial charge in [-0.2, -0.15) is 4.31 Å². The lowest BCUT2D eigenvalue weighted by Gasteiger charge is -2.33. The molecule has 0 spiro atoms. The van der Waals surface area contributed by atoms with Gasteiger partial charge in [-0.05, 0) is 61.2 Å². The lowest BCUT2D eigenvalue weighted by atomic mass is 9.96. The Labute approximate surface area is 231 Å². The van der Waals surface area contributed by atoms with Crippen LogP contribution in [0.5, 0.6) is 5.75 Å². The summed E-state index contributed by atoms with van der Waals surface area (Å²) in [6.45, 7) is 2.94. The van der Waals surface area contributed by atoms with Crippen molar-refractivity contribution in [3.05, 3.63) is 82.9 Å². The molecule has 1 fully saturated rings. The molecule has 1 saturated heterocycles. The Hall–Kier alpha value is -2.98. The van der Waals surface area contributed by atoms with Crippen LogP contribution in [0.3, 0.4) is 0 Å². The van der Waals surface area contributed by atoms with E-state index in [1.54, 1.807) is 24.1 Å². The van der Waals surface area contributed by atoms with Gasteiger partial charge < -0.3 is 4.74 Å². The van der Waals surface area contributed by atoms with Crippen molar-refractivity contribution < 1.29 is 17.9 Å². The molecule has 0 atom stereocenters. The second-order valence-electron chi connectivity index (χ2n) is 9.30. The van der Waals surface area contributed by atoms with Gasteiger partial charge in [-0.1, -0.05) is 59.3 Å². The quantitative estimate of drug-likeness (QED) is 0.277. The van der Waals surface area contributed by atoms with Crippen LogP contribution in [-0.2, 0) is 21.4 Å². The van der Waals surface area contributed by atoms with Gasteiger partial charge in [0, 0.05) is 24.0 Å². The van der Waals surface area contributed by atoms with Crippen LogP contribution in [0.2, 0.25) is 5.02 Å². The number of carbonyl (C=O) groups is 1. The van der Waals surface area contributed by atoms with Gasteiger partial charge in [0.1, 0.15) is 11.3 Å². The number of benzene rings is 3. The zero-order valence-corrected chi connectivity index (χ0v) is 23.5. The molecular formula is C28H28ClN3O4S2.